The molecule has 0 saturated heterocycles. The van der Waals surface area contributed by atoms with E-state index in [1.807, 2.05) is 0 Å². The van der Waals surface area contributed by atoms with E-state index in [-0.39, 0.29) is 0 Å². The molecule has 0 aromatic rings. The van der Waals surface area contributed by atoms with Crippen molar-refractivity contribution >= 4 is 5.96 Å². The summed E-state index contributed by atoms with van der Waals surface area (Å²) in [6.45, 7) is 0. The molecule has 0 spiro atoms. The smallest absolute Gasteiger partial charge is 0.253 e. The Hall–Kier alpha value is -0.930. The van der Waals surface area contributed by atoms with Crippen LogP contribution in [0.15, 0.2) is 5.11 Å². The van der Waals surface area contributed by atoms with Crippen LogP contribution in [0.5, 0.6) is 0 Å². The van der Waals surface area contributed by atoms with Crippen molar-refractivity contribution in [1.82, 2.24) is 5.73 Å². The maximum absolute atomic E-state index is 6.06. The van der Waals surface area contributed by atoms with E-state index in [1.54, 1.807) is 0 Å². The van der Waals surface area contributed by atoms with Crippen molar-refractivity contribution in [2.45, 2.75) is 0 Å². The number of hydrogen-bond acceptors (Lipinski definition) is 2. The SMILES string of the molecule is [NH]C(=N)N=N. The zero-order valence-electron chi connectivity index (χ0n) is 2.45. The number of hydrogen-bond donors (Lipinski definition) is 2. The van der Waals surface area contributed by atoms with Crippen LogP contribution < -0.4 is 5.73 Å². The fraction of sp³-hybridized carbons (Fsp3) is 0. The molecule has 0 bridgehead atoms. The highest BCUT2D eigenvalue weighted by Crippen LogP contribution is 1.54. The van der Waals surface area contributed by atoms with Gasteiger partial charge in [0.25, 0.3) is 5.96 Å². The van der Waals surface area contributed by atoms with Crippen LogP contribution in [0.1, 0.15) is 0 Å². The van der Waals surface area contributed by atoms with Crippen molar-refractivity contribution in [3.63, 3.8) is 0 Å². The summed E-state index contributed by atoms with van der Waals surface area (Å²) >= 11 is 0. The Labute approximate surface area is 29.0 Å². The van der Waals surface area contributed by atoms with E-state index in [0.29, 0.717) is 0 Å². The summed E-state index contributed by atoms with van der Waals surface area (Å²) in [4.78, 5) is 0. The lowest BCUT2D eigenvalue weighted by molar-refractivity contribution is 1.14. The van der Waals surface area contributed by atoms with Crippen molar-refractivity contribution in [2.24, 2.45) is 5.11 Å². The molecule has 0 aromatic carbocycles. The zero-order chi connectivity index (χ0) is 4.28. The standard InChI is InChI=1S/CH3N4/c2-1(3)5-4/h2-4H. The first kappa shape index (κ1) is 4.07. The van der Waals surface area contributed by atoms with Gasteiger partial charge in [-0.3, -0.25) is 11.1 Å². The maximum Gasteiger partial charge on any atom is 0.253 e. The molecule has 0 aromatic heterocycles. The molecule has 5 heavy (non-hydrogen) atoms. The number of nitrogens with zero attached hydrogens (tertiary/aromatic N) is 1. The molecule has 0 amide bonds. The zero-order valence-corrected chi connectivity index (χ0v) is 2.45. The average molecular weight is 71.1 g/mol. The summed E-state index contributed by atoms with van der Waals surface area (Å²) < 4.78 is 0. The highest BCUT2D eigenvalue weighted by atomic mass is 15.1. The second-order valence-electron chi connectivity index (χ2n) is 0.460. The van der Waals surface area contributed by atoms with Crippen molar-refractivity contribution in [2.75, 3.05) is 0 Å². The Kier molecular flexibility index (Phi) is 1.14. The largest absolute Gasteiger partial charge is 0.265 e. The summed E-state index contributed by atoms with van der Waals surface area (Å²) in [5, 5.41) is 8.44. The molecule has 4 nitrogen and oxygen atoms in total. The van der Waals surface area contributed by atoms with Crippen LogP contribution in [0.4, 0.5) is 0 Å². The molecular weight excluding hydrogens is 68.0 g/mol. The molecule has 0 unspecified atom stereocenters. The van der Waals surface area contributed by atoms with E-state index in [2.05, 4.69) is 5.11 Å². The van der Waals surface area contributed by atoms with Crippen LogP contribution in [-0.4, -0.2) is 5.96 Å². The molecule has 0 rings (SSSR count). The second-order valence-corrected chi connectivity index (χ2v) is 0.460. The summed E-state index contributed by atoms with van der Waals surface area (Å²) in [6.07, 6.45) is 0. The quantitative estimate of drug-likeness (QED) is 0.233. The van der Waals surface area contributed by atoms with Crippen LogP contribution in [0.3, 0.4) is 0 Å². The van der Waals surface area contributed by atoms with Crippen molar-refractivity contribution in [3.8, 4) is 0 Å². The van der Waals surface area contributed by atoms with E-state index in [1.165, 1.54) is 0 Å². The predicted octanol–water partition coefficient (Wildman–Crippen LogP) is 0.235. The monoisotopic (exact) mass is 71.0 g/mol. The summed E-state index contributed by atoms with van der Waals surface area (Å²) in [5.41, 5.74) is 11.9. The Bertz CT molecular complexity index is 54.7. The number of nitrogens with one attached hydrogen (secondary N) is 3. The first-order valence-electron chi connectivity index (χ1n) is 0.947. The first-order chi connectivity index (χ1) is 2.27. The molecule has 1 radical (unpaired) electrons. The fourth-order valence-corrected chi connectivity index (χ4v) is 0. The lowest BCUT2D eigenvalue weighted by Crippen LogP contribution is -1.84. The van der Waals surface area contributed by atoms with Gasteiger partial charge in [0, 0.05) is 0 Å². The molecule has 0 atom stereocenters. The highest BCUT2D eigenvalue weighted by Gasteiger charge is 1.68. The Balaban J connectivity index is 3.20. The summed E-state index contributed by atoms with van der Waals surface area (Å²) in [6, 6.07) is 0. The van der Waals surface area contributed by atoms with Gasteiger partial charge >= 0.3 is 0 Å². The molecule has 0 heterocycles. The molecule has 0 aliphatic rings. The van der Waals surface area contributed by atoms with Gasteiger partial charge in [-0.15, -0.1) is 5.11 Å². The lowest BCUT2D eigenvalue weighted by atomic mass is 11.1. The minimum absolute atomic E-state index is 0.704. The summed E-state index contributed by atoms with van der Waals surface area (Å²) in [5.74, 6) is -0.704. The molecule has 27 valence electrons. The van der Waals surface area contributed by atoms with E-state index in [4.69, 9.17) is 16.7 Å². The van der Waals surface area contributed by atoms with Crippen molar-refractivity contribution in [1.29, 1.82) is 10.9 Å². The topological polar surface area (TPSA) is 83.9 Å². The molecule has 0 aliphatic heterocycles. The van der Waals surface area contributed by atoms with Crippen LogP contribution in [0.25, 0.3) is 0 Å². The van der Waals surface area contributed by atoms with Gasteiger partial charge in [-0.25, -0.2) is 5.53 Å². The van der Waals surface area contributed by atoms with E-state index in [0.717, 1.165) is 0 Å². The molecule has 0 fully saturated rings. The molecule has 0 aliphatic carbocycles. The third kappa shape index (κ3) is 3.07. The minimum Gasteiger partial charge on any atom is -0.265 e. The molecule has 3 N–H and O–H groups in total. The van der Waals surface area contributed by atoms with Gasteiger partial charge in [-0.2, -0.15) is 0 Å². The third-order valence-corrected chi connectivity index (χ3v) is 0.112. The van der Waals surface area contributed by atoms with Gasteiger partial charge in [0.2, 0.25) is 0 Å². The molecule has 0 saturated carbocycles. The van der Waals surface area contributed by atoms with Crippen molar-refractivity contribution < 1.29 is 0 Å². The van der Waals surface area contributed by atoms with Gasteiger partial charge in [0.05, 0.1) is 0 Å². The highest BCUT2D eigenvalue weighted by molar-refractivity contribution is 5.73. The van der Waals surface area contributed by atoms with Gasteiger partial charge in [-0.05, 0) is 0 Å². The normalized spacial score (nSPS) is 6.40. The molecular formula is CH3N4. The Morgan fingerprint density at radius 1 is 1.60 bits per heavy atom. The van der Waals surface area contributed by atoms with Gasteiger partial charge in [0.1, 0.15) is 0 Å². The second kappa shape index (κ2) is 1.40. The summed E-state index contributed by atoms with van der Waals surface area (Å²) in [7, 11) is 0. The maximum atomic E-state index is 6.06. The Morgan fingerprint density at radius 2 is 1.80 bits per heavy atom. The Morgan fingerprint density at radius 3 is 1.80 bits per heavy atom. The van der Waals surface area contributed by atoms with Crippen LogP contribution in [0, 0.1) is 10.9 Å². The predicted molar refractivity (Wildman–Crippen MR) is 16.0 cm³/mol. The third-order valence-electron chi connectivity index (χ3n) is 0.112. The number of guanidine groups is 1. The van der Waals surface area contributed by atoms with Crippen LogP contribution in [-0.2, 0) is 0 Å². The van der Waals surface area contributed by atoms with Gasteiger partial charge < -0.3 is 0 Å². The minimum atomic E-state index is -0.704. The lowest BCUT2D eigenvalue weighted by Gasteiger charge is -1.66. The van der Waals surface area contributed by atoms with Gasteiger partial charge in [0.15, 0.2) is 0 Å². The van der Waals surface area contributed by atoms with Crippen LogP contribution >= 0.6 is 0 Å². The van der Waals surface area contributed by atoms with E-state index in [9.17, 15) is 0 Å². The average Bonchev–Trinajstić information content (AvgIpc) is 1.38. The van der Waals surface area contributed by atoms with Gasteiger partial charge in [-0.1, -0.05) is 0 Å². The first-order valence-corrected chi connectivity index (χ1v) is 0.947. The number of rotatable bonds is 0. The molecule has 4 heteroatoms. The van der Waals surface area contributed by atoms with E-state index < -0.39 is 5.96 Å². The van der Waals surface area contributed by atoms with E-state index >= 15 is 0 Å². The fourth-order valence-electron chi connectivity index (χ4n) is 0. The van der Waals surface area contributed by atoms with Crippen LogP contribution in [0.2, 0.25) is 0 Å². The van der Waals surface area contributed by atoms with Crippen molar-refractivity contribution in [3.05, 3.63) is 0 Å².